The molecule has 2 aliphatic rings. The fraction of sp³-hybridized carbons (Fsp3) is 0.400. The zero-order valence-electron chi connectivity index (χ0n) is 15.9. The van der Waals surface area contributed by atoms with Crippen molar-refractivity contribution in [3.8, 4) is 0 Å². The van der Waals surface area contributed by atoms with E-state index in [1.807, 2.05) is 20.8 Å². The molecule has 27 heavy (non-hydrogen) atoms. The highest BCUT2D eigenvalue weighted by molar-refractivity contribution is 7.13. The summed E-state index contributed by atoms with van der Waals surface area (Å²) in [6.45, 7) is 1.97. The summed E-state index contributed by atoms with van der Waals surface area (Å²) in [5.41, 5.74) is 2.58. The zero-order valence-corrected chi connectivity index (χ0v) is 16.7. The highest BCUT2D eigenvalue weighted by Crippen LogP contribution is 2.44. The average molecular weight is 381 g/mol. The quantitative estimate of drug-likeness (QED) is 0.701. The van der Waals surface area contributed by atoms with E-state index in [1.165, 1.54) is 34.6 Å². The molecule has 1 saturated heterocycles. The number of benzene rings is 1. The Kier molecular flexibility index (Phi) is 4.39. The van der Waals surface area contributed by atoms with Gasteiger partial charge in [0.15, 0.2) is 5.96 Å². The molecule has 1 aromatic carbocycles. The summed E-state index contributed by atoms with van der Waals surface area (Å²) in [6, 6.07) is 10.4. The Morgan fingerprint density at radius 3 is 2.52 bits per heavy atom. The first-order valence-corrected chi connectivity index (χ1v) is 10.1. The minimum atomic E-state index is -0.732. The number of hydrogen-bond acceptors (Lipinski definition) is 4. The van der Waals surface area contributed by atoms with Crippen molar-refractivity contribution in [1.82, 2.24) is 10.2 Å². The Morgan fingerprint density at radius 2 is 1.96 bits per heavy atom. The summed E-state index contributed by atoms with van der Waals surface area (Å²) in [4.78, 5) is 16.5. The summed E-state index contributed by atoms with van der Waals surface area (Å²) in [5, 5.41) is 21.1. The molecule has 0 unspecified atom stereocenters. The largest absolute Gasteiger partial charge is 0.391 e. The van der Waals surface area contributed by atoms with Crippen LogP contribution in [-0.2, 0) is 16.9 Å². The van der Waals surface area contributed by atoms with Gasteiger partial charge in [-0.1, -0.05) is 35.8 Å². The van der Waals surface area contributed by atoms with Crippen molar-refractivity contribution in [3.05, 3.63) is 51.2 Å². The van der Waals surface area contributed by atoms with Gasteiger partial charge >= 0.3 is 0 Å². The molecule has 5 nitrogen and oxygen atoms in total. The normalized spacial score (nSPS) is 25.6. The third-order valence-corrected chi connectivity index (χ3v) is 7.32. The molecular formula is C20H24BN3O2S. The summed E-state index contributed by atoms with van der Waals surface area (Å²) in [7, 11) is 3.61. The molecule has 1 aliphatic carbocycles. The monoisotopic (exact) mass is 381 g/mol. The van der Waals surface area contributed by atoms with Crippen molar-refractivity contribution in [2.75, 3.05) is 7.05 Å². The third kappa shape index (κ3) is 2.99. The first-order valence-electron chi connectivity index (χ1n) is 9.30. The maximum Gasteiger partial charge on any atom is 0.239 e. The molecular weight excluding hydrogens is 357 g/mol. The smallest absolute Gasteiger partial charge is 0.239 e. The van der Waals surface area contributed by atoms with Gasteiger partial charge in [0.2, 0.25) is 5.91 Å². The number of aliphatic hydroxyl groups is 1. The summed E-state index contributed by atoms with van der Waals surface area (Å²) < 4.78 is 0. The lowest BCUT2D eigenvalue weighted by molar-refractivity contribution is -0.131. The molecule has 0 radical (unpaired) electrons. The summed E-state index contributed by atoms with van der Waals surface area (Å²) in [6.07, 6.45) is 2.50. The van der Waals surface area contributed by atoms with Crippen molar-refractivity contribution < 1.29 is 9.90 Å². The van der Waals surface area contributed by atoms with Crippen LogP contribution in [0.15, 0.2) is 30.3 Å². The number of carbonyl (C=O) groups is 1. The lowest BCUT2D eigenvalue weighted by Gasteiger charge is -2.45. The van der Waals surface area contributed by atoms with E-state index in [0.29, 0.717) is 5.92 Å². The lowest BCUT2D eigenvalue weighted by Crippen LogP contribution is -2.62. The van der Waals surface area contributed by atoms with E-state index in [-0.39, 0.29) is 18.5 Å². The molecule has 2 aromatic rings. The van der Waals surface area contributed by atoms with Gasteiger partial charge in [-0.15, -0.1) is 11.3 Å². The van der Waals surface area contributed by atoms with E-state index in [1.54, 1.807) is 7.05 Å². The van der Waals surface area contributed by atoms with Crippen LogP contribution in [0, 0.1) is 5.41 Å². The van der Waals surface area contributed by atoms with E-state index in [9.17, 15) is 9.90 Å². The highest BCUT2D eigenvalue weighted by Gasteiger charge is 2.49. The highest BCUT2D eigenvalue weighted by atomic mass is 32.1. The number of nitrogens with zero attached hydrogens (tertiary/aromatic N) is 1. The van der Waals surface area contributed by atoms with E-state index in [2.05, 4.69) is 29.6 Å². The van der Waals surface area contributed by atoms with Gasteiger partial charge in [-0.25, -0.2) is 0 Å². The van der Waals surface area contributed by atoms with Crippen LogP contribution in [0.1, 0.15) is 52.5 Å². The van der Waals surface area contributed by atoms with Crippen LogP contribution in [0.2, 0.25) is 0 Å². The predicted octanol–water partition coefficient (Wildman–Crippen LogP) is 1.37. The number of amides is 1. The summed E-state index contributed by atoms with van der Waals surface area (Å²) in [5.74, 6) is 0.255. The Labute approximate surface area is 164 Å². The zero-order chi connectivity index (χ0) is 19.3. The Balaban J connectivity index is 1.80. The fourth-order valence-electron chi connectivity index (χ4n) is 3.94. The topological polar surface area (TPSA) is 76.4 Å². The van der Waals surface area contributed by atoms with Gasteiger partial charge in [-0.05, 0) is 36.8 Å². The number of thiophene rings is 1. The molecule has 3 N–H and O–H groups in total. The number of rotatable bonds is 4. The standard InChI is InChI=1S/C20H24BN3O2S/c1-20(16-9-14(21)15(10-25)27-16)17(18(26)24(2)19(22)23-20)13-7-5-12(6-8-13)11-3-4-11/h5-9,11,17,25H,3-4,10,21H2,1-2H3,(H2,22,23)/t17-,20-/m1/s1. The van der Waals surface area contributed by atoms with Crippen molar-refractivity contribution in [2.45, 2.75) is 43.7 Å². The molecule has 2 heterocycles. The first-order chi connectivity index (χ1) is 12.8. The van der Waals surface area contributed by atoms with E-state index in [0.717, 1.165) is 20.8 Å². The molecule has 4 rings (SSSR count). The molecule has 1 aromatic heterocycles. The van der Waals surface area contributed by atoms with Crippen molar-refractivity contribution in [1.29, 1.82) is 5.41 Å². The van der Waals surface area contributed by atoms with Crippen molar-refractivity contribution in [3.63, 3.8) is 0 Å². The molecule has 0 bridgehead atoms. The minimum Gasteiger partial charge on any atom is -0.391 e. The molecule has 0 spiro atoms. The van der Waals surface area contributed by atoms with Crippen LogP contribution in [0.3, 0.4) is 0 Å². The second-order valence-corrected chi connectivity index (χ2v) is 8.96. The first kappa shape index (κ1) is 18.3. The van der Waals surface area contributed by atoms with Gasteiger partial charge < -0.3 is 10.4 Å². The number of nitrogens with one attached hydrogen (secondary N) is 2. The van der Waals surface area contributed by atoms with Crippen LogP contribution < -0.4 is 10.8 Å². The number of likely N-dealkylation sites (N-methyl/N-ethyl adjacent to an activating group) is 1. The molecule has 1 saturated carbocycles. The SMILES string of the molecule is Bc1cc([C@@]2(C)NC(=N)N(C)C(=O)[C@H]2c2ccc(C3CC3)cc2)sc1CO. The molecule has 140 valence electrons. The van der Waals surface area contributed by atoms with Crippen LogP contribution in [0.25, 0.3) is 0 Å². The summed E-state index contributed by atoms with van der Waals surface area (Å²) >= 11 is 1.51. The second kappa shape index (κ2) is 6.50. The van der Waals surface area contributed by atoms with Gasteiger partial charge in [-0.3, -0.25) is 15.1 Å². The van der Waals surface area contributed by atoms with Crippen LogP contribution in [0.5, 0.6) is 0 Å². The predicted molar refractivity (Wildman–Crippen MR) is 111 cm³/mol. The number of hydrogen-bond donors (Lipinski definition) is 3. The van der Waals surface area contributed by atoms with Crippen LogP contribution in [0.4, 0.5) is 0 Å². The number of aliphatic hydroxyl groups excluding tert-OH is 1. The van der Waals surface area contributed by atoms with Gasteiger partial charge in [0, 0.05) is 16.8 Å². The molecule has 7 heteroatoms. The second-order valence-electron chi connectivity index (χ2n) is 7.82. The van der Waals surface area contributed by atoms with E-state index < -0.39 is 11.5 Å². The Morgan fingerprint density at radius 1 is 1.33 bits per heavy atom. The van der Waals surface area contributed by atoms with Crippen LogP contribution in [-0.4, -0.2) is 36.8 Å². The van der Waals surface area contributed by atoms with Gasteiger partial charge in [0.1, 0.15) is 7.85 Å². The Hall–Kier alpha value is -2.12. The average Bonchev–Trinajstić information content (AvgIpc) is 3.42. The molecule has 1 aliphatic heterocycles. The number of carbonyl (C=O) groups excluding carboxylic acids is 1. The van der Waals surface area contributed by atoms with Crippen LogP contribution >= 0.6 is 11.3 Å². The van der Waals surface area contributed by atoms with Gasteiger partial charge in [0.05, 0.1) is 18.1 Å². The maximum absolute atomic E-state index is 13.2. The molecule has 1 amide bonds. The molecule has 2 fully saturated rings. The Bertz CT molecular complexity index is 906. The third-order valence-electron chi connectivity index (χ3n) is 5.86. The molecule has 2 atom stereocenters. The maximum atomic E-state index is 13.2. The fourth-order valence-corrected chi connectivity index (χ4v) is 5.11. The van der Waals surface area contributed by atoms with Gasteiger partial charge in [0.25, 0.3) is 0 Å². The van der Waals surface area contributed by atoms with E-state index >= 15 is 0 Å². The van der Waals surface area contributed by atoms with Crippen molar-refractivity contribution >= 4 is 36.5 Å². The van der Waals surface area contributed by atoms with Crippen molar-refractivity contribution in [2.24, 2.45) is 0 Å². The van der Waals surface area contributed by atoms with E-state index in [4.69, 9.17) is 5.41 Å². The van der Waals surface area contributed by atoms with Gasteiger partial charge in [-0.2, -0.15) is 0 Å². The lowest BCUT2D eigenvalue weighted by atomic mass is 9.76. The number of guanidine groups is 1. The minimum absolute atomic E-state index is 0.0153.